The highest BCUT2D eigenvalue weighted by Gasteiger charge is 2.35. The average Bonchev–Trinajstić information content (AvgIpc) is 3.04. The highest BCUT2D eigenvalue weighted by atomic mass is 32.2. The summed E-state index contributed by atoms with van der Waals surface area (Å²) in [6.07, 6.45) is 5.05. The number of nitrogens with one attached hydrogen (secondary N) is 1. The fraction of sp³-hybridized carbons (Fsp3) is 0.394. The van der Waals surface area contributed by atoms with Gasteiger partial charge in [0.1, 0.15) is 24.2 Å². The molecular formula is C33H39F2N3O6S. The van der Waals surface area contributed by atoms with Crippen molar-refractivity contribution < 1.29 is 36.3 Å². The molecule has 3 aromatic rings. The molecule has 0 bridgehead atoms. The lowest BCUT2D eigenvalue weighted by Crippen LogP contribution is -2.54. The van der Waals surface area contributed by atoms with Crippen molar-refractivity contribution in [1.82, 2.24) is 10.2 Å². The minimum absolute atomic E-state index is 0.00998. The van der Waals surface area contributed by atoms with Crippen molar-refractivity contribution in [3.63, 3.8) is 0 Å². The molecular weight excluding hydrogens is 604 g/mol. The van der Waals surface area contributed by atoms with E-state index in [1.54, 1.807) is 6.92 Å². The molecule has 9 nitrogen and oxygen atoms in total. The Bertz CT molecular complexity index is 1560. The minimum Gasteiger partial charge on any atom is -0.493 e. The lowest BCUT2D eigenvalue weighted by molar-refractivity contribution is -0.140. The van der Waals surface area contributed by atoms with Gasteiger partial charge in [-0.25, -0.2) is 17.2 Å². The Morgan fingerprint density at radius 1 is 0.889 bits per heavy atom. The average molecular weight is 644 g/mol. The molecule has 1 unspecified atom stereocenters. The number of ether oxygens (including phenoxy) is 2. The SMILES string of the molecule is CCC(C(=O)NC1CCCCC1)N(Cc1ccc(F)cc1)C(=O)CN(c1ccc(F)cc1)S(=O)(=O)c1ccc(OC)c(OC)c1. The van der Waals surface area contributed by atoms with Crippen LogP contribution < -0.4 is 19.1 Å². The Hall–Kier alpha value is -4.19. The molecule has 1 aliphatic rings. The highest BCUT2D eigenvalue weighted by Crippen LogP contribution is 2.32. The molecule has 0 spiro atoms. The van der Waals surface area contributed by atoms with E-state index in [0.717, 1.165) is 48.5 Å². The van der Waals surface area contributed by atoms with E-state index in [2.05, 4.69) is 5.32 Å². The number of rotatable bonds is 13. The number of hydrogen-bond donors (Lipinski definition) is 1. The first kappa shape index (κ1) is 33.7. The number of amides is 2. The van der Waals surface area contributed by atoms with Crippen LogP contribution in [0.15, 0.2) is 71.6 Å². The molecule has 0 aromatic heterocycles. The third kappa shape index (κ3) is 8.30. The quantitative estimate of drug-likeness (QED) is 0.266. The van der Waals surface area contributed by atoms with Crippen molar-refractivity contribution in [2.24, 2.45) is 0 Å². The fourth-order valence-electron chi connectivity index (χ4n) is 5.49. The molecule has 1 aliphatic carbocycles. The lowest BCUT2D eigenvalue weighted by Gasteiger charge is -2.34. The molecule has 0 heterocycles. The van der Waals surface area contributed by atoms with Gasteiger partial charge in [0.05, 0.1) is 24.8 Å². The second-order valence-electron chi connectivity index (χ2n) is 10.9. The van der Waals surface area contributed by atoms with Gasteiger partial charge in [-0.3, -0.25) is 13.9 Å². The van der Waals surface area contributed by atoms with Gasteiger partial charge < -0.3 is 19.7 Å². The smallest absolute Gasteiger partial charge is 0.264 e. The van der Waals surface area contributed by atoms with Crippen LogP contribution in [0.2, 0.25) is 0 Å². The van der Waals surface area contributed by atoms with E-state index < -0.39 is 40.2 Å². The first-order chi connectivity index (χ1) is 21.6. The van der Waals surface area contributed by atoms with Crippen LogP contribution in [-0.4, -0.2) is 58.0 Å². The molecule has 0 radical (unpaired) electrons. The van der Waals surface area contributed by atoms with Gasteiger partial charge in [0.25, 0.3) is 10.0 Å². The number of halogens is 2. The van der Waals surface area contributed by atoms with Crippen LogP contribution in [0.1, 0.15) is 51.0 Å². The van der Waals surface area contributed by atoms with Crippen molar-refractivity contribution in [3.8, 4) is 11.5 Å². The van der Waals surface area contributed by atoms with Crippen LogP contribution in [0.25, 0.3) is 0 Å². The minimum atomic E-state index is -4.43. The molecule has 0 aliphatic heterocycles. The predicted molar refractivity (Wildman–Crippen MR) is 167 cm³/mol. The molecule has 45 heavy (non-hydrogen) atoms. The zero-order valence-corrected chi connectivity index (χ0v) is 26.5. The summed E-state index contributed by atoms with van der Waals surface area (Å²) >= 11 is 0. The van der Waals surface area contributed by atoms with Crippen molar-refractivity contribution in [1.29, 1.82) is 0 Å². The Balaban J connectivity index is 1.73. The van der Waals surface area contributed by atoms with E-state index >= 15 is 0 Å². The summed E-state index contributed by atoms with van der Waals surface area (Å²) in [5.74, 6) is -1.58. The van der Waals surface area contributed by atoms with E-state index in [1.165, 1.54) is 73.7 Å². The van der Waals surface area contributed by atoms with Crippen molar-refractivity contribution >= 4 is 27.5 Å². The van der Waals surface area contributed by atoms with Crippen LogP contribution in [0.4, 0.5) is 14.5 Å². The van der Waals surface area contributed by atoms with E-state index in [-0.39, 0.29) is 41.2 Å². The van der Waals surface area contributed by atoms with Gasteiger partial charge in [-0.2, -0.15) is 0 Å². The van der Waals surface area contributed by atoms with E-state index in [0.29, 0.717) is 11.3 Å². The maximum absolute atomic E-state index is 14.2. The van der Waals surface area contributed by atoms with Gasteiger partial charge >= 0.3 is 0 Å². The fourth-order valence-corrected chi connectivity index (χ4v) is 6.92. The van der Waals surface area contributed by atoms with Crippen LogP contribution in [0.5, 0.6) is 11.5 Å². The second-order valence-corrected chi connectivity index (χ2v) is 12.8. The zero-order valence-electron chi connectivity index (χ0n) is 25.7. The van der Waals surface area contributed by atoms with E-state index in [1.807, 2.05) is 0 Å². The monoisotopic (exact) mass is 643 g/mol. The first-order valence-corrected chi connectivity index (χ1v) is 16.4. The number of hydrogen-bond acceptors (Lipinski definition) is 6. The number of methoxy groups -OCH3 is 2. The summed E-state index contributed by atoms with van der Waals surface area (Å²) in [6.45, 7) is 1.01. The third-order valence-electron chi connectivity index (χ3n) is 7.94. The summed E-state index contributed by atoms with van der Waals surface area (Å²) in [5.41, 5.74) is 0.603. The highest BCUT2D eigenvalue weighted by molar-refractivity contribution is 7.92. The summed E-state index contributed by atoms with van der Waals surface area (Å²) < 4.78 is 67.3. The number of anilines is 1. The molecule has 12 heteroatoms. The summed E-state index contributed by atoms with van der Waals surface area (Å²) in [7, 11) is -1.65. The van der Waals surface area contributed by atoms with E-state index in [4.69, 9.17) is 9.47 Å². The number of benzene rings is 3. The van der Waals surface area contributed by atoms with E-state index in [9.17, 15) is 26.8 Å². The number of carbonyl (C=O) groups is 2. The Labute approximate surface area is 263 Å². The van der Waals surface area contributed by atoms with Gasteiger partial charge in [-0.1, -0.05) is 38.3 Å². The summed E-state index contributed by atoms with van der Waals surface area (Å²) in [4.78, 5) is 29.0. The lowest BCUT2D eigenvalue weighted by atomic mass is 9.95. The van der Waals surface area contributed by atoms with Crippen molar-refractivity contribution in [2.45, 2.75) is 69.0 Å². The molecule has 2 amide bonds. The molecule has 0 saturated heterocycles. The molecule has 1 saturated carbocycles. The van der Waals surface area contributed by atoms with Gasteiger partial charge in [-0.15, -0.1) is 0 Å². The predicted octanol–water partition coefficient (Wildman–Crippen LogP) is 5.43. The van der Waals surface area contributed by atoms with Crippen LogP contribution >= 0.6 is 0 Å². The summed E-state index contributed by atoms with van der Waals surface area (Å²) in [5, 5.41) is 3.08. The molecule has 1 N–H and O–H groups in total. The number of nitrogens with zero attached hydrogens (tertiary/aromatic N) is 2. The standard InChI is InChI=1S/C33H39F2N3O6S/c1-4-29(33(40)36-26-8-6-5-7-9-26)37(21-23-10-12-24(34)13-11-23)32(39)22-38(27-16-14-25(35)15-17-27)45(41,42)28-18-19-30(43-2)31(20-28)44-3/h10-20,26,29H,4-9,21-22H2,1-3H3,(H,36,40). The second kappa shape index (κ2) is 15.2. The Morgan fingerprint density at radius 3 is 2.07 bits per heavy atom. The summed E-state index contributed by atoms with van der Waals surface area (Å²) in [6, 6.07) is 13.3. The topological polar surface area (TPSA) is 105 Å². The number of sulfonamides is 1. The number of carbonyl (C=O) groups excluding carboxylic acids is 2. The van der Waals surface area contributed by atoms with Crippen molar-refractivity contribution in [3.05, 3.63) is 83.9 Å². The van der Waals surface area contributed by atoms with Crippen molar-refractivity contribution in [2.75, 3.05) is 25.1 Å². The Kier molecular flexibility index (Phi) is 11.4. The molecule has 242 valence electrons. The molecule has 1 fully saturated rings. The first-order valence-electron chi connectivity index (χ1n) is 14.9. The van der Waals surface area contributed by atoms with Gasteiger partial charge in [-0.05, 0) is 73.4 Å². The van der Waals surface area contributed by atoms with Crippen LogP contribution in [-0.2, 0) is 26.2 Å². The normalized spacial score (nSPS) is 14.3. The largest absolute Gasteiger partial charge is 0.493 e. The maximum atomic E-state index is 14.2. The maximum Gasteiger partial charge on any atom is 0.264 e. The van der Waals surface area contributed by atoms with Crippen LogP contribution in [0, 0.1) is 11.6 Å². The van der Waals surface area contributed by atoms with Gasteiger partial charge in [0.15, 0.2) is 11.5 Å². The molecule has 1 atom stereocenters. The molecule has 3 aromatic carbocycles. The van der Waals surface area contributed by atoms with Crippen LogP contribution in [0.3, 0.4) is 0 Å². The Morgan fingerprint density at radius 2 is 1.49 bits per heavy atom. The third-order valence-corrected chi connectivity index (χ3v) is 9.71. The molecule has 4 rings (SSSR count). The van der Waals surface area contributed by atoms with Gasteiger partial charge in [0.2, 0.25) is 11.8 Å². The zero-order chi connectivity index (χ0) is 32.6. The van der Waals surface area contributed by atoms with Gasteiger partial charge in [0, 0.05) is 18.7 Å².